The van der Waals surface area contributed by atoms with E-state index in [-0.39, 0.29) is 33.6 Å². The predicted molar refractivity (Wildman–Crippen MR) is 139 cm³/mol. The average molecular weight is 549 g/mol. The van der Waals surface area contributed by atoms with Gasteiger partial charge in [-0.2, -0.15) is 0 Å². The van der Waals surface area contributed by atoms with Gasteiger partial charge in [-0.15, -0.1) is 34.4 Å². The van der Waals surface area contributed by atoms with Crippen LogP contribution < -0.4 is 4.74 Å². The zero-order chi connectivity index (χ0) is 25.2. The van der Waals surface area contributed by atoms with Gasteiger partial charge in [-0.05, 0) is 48.9 Å². The Morgan fingerprint density at radius 3 is 2.26 bits per heavy atom. The van der Waals surface area contributed by atoms with Crippen molar-refractivity contribution in [1.29, 1.82) is 0 Å². The van der Waals surface area contributed by atoms with Crippen LogP contribution in [0.3, 0.4) is 0 Å². The Hall–Kier alpha value is -2.27. The lowest BCUT2D eigenvalue weighted by molar-refractivity contribution is 0.0619. The summed E-state index contributed by atoms with van der Waals surface area (Å²) in [7, 11) is -3.13. The molecule has 0 spiro atoms. The number of carbonyl (C=O) groups is 3. The number of sulfone groups is 1. The maximum atomic E-state index is 11.6. The van der Waals surface area contributed by atoms with Crippen LogP contribution in [-0.2, 0) is 9.84 Å². The lowest BCUT2D eigenvalue weighted by Gasteiger charge is -2.31. The van der Waals surface area contributed by atoms with Crippen LogP contribution >= 0.6 is 34.4 Å². The Morgan fingerprint density at radius 1 is 0.829 bits per heavy atom. The molecule has 0 fully saturated rings. The van der Waals surface area contributed by atoms with Gasteiger partial charge in [-0.3, -0.25) is 14.4 Å². The smallest absolute Gasteiger partial charge is 0.188 e. The summed E-state index contributed by atoms with van der Waals surface area (Å²) in [6, 6.07) is 10.9. The van der Waals surface area contributed by atoms with Crippen LogP contribution in [0, 0.1) is 0 Å². The van der Waals surface area contributed by atoms with Gasteiger partial charge in [0, 0.05) is 29.7 Å². The van der Waals surface area contributed by atoms with E-state index in [1.54, 1.807) is 34.5 Å². The van der Waals surface area contributed by atoms with Crippen molar-refractivity contribution in [3.63, 3.8) is 0 Å². The minimum atomic E-state index is -3.13. The second-order valence-corrected chi connectivity index (χ2v) is 14.2. The Bertz CT molecular complexity index is 1380. The molecule has 10 heteroatoms. The lowest BCUT2D eigenvalue weighted by atomic mass is 9.93. The first-order chi connectivity index (χ1) is 16.6. The number of ketones is 3. The summed E-state index contributed by atoms with van der Waals surface area (Å²) in [4.78, 5) is 33.9. The molecule has 0 aliphatic carbocycles. The van der Waals surface area contributed by atoms with Gasteiger partial charge in [-0.25, -0.2) is 8.42 Å². The fourth-order valence-electron chi connectivity index (χ4n) is 3.78. The van der Waals surface area contributed by atoms with Gasteiger partial charge in [-0.1, -0.05) is 12.1 Å². The molecule has 3 aliphatic rings. The monoisotopic (exact) mass is 548 g/mol. The molecule has 3 aromatic rings. The SMILES string of the molecule is CC1(C)CC(=O)c2ccccc2O1.O=C1CCS(=O)(=O)c2sccc21.O=C1CCSc2sccc21. The summed E-state index contributed by atoms with van der Waals surface area (Å²) in [5, 5.41) is 3.63. The number of rotatable bonds is 0. The Morgan fingerprint density at radius 2 is 1.51 bits per heavy atom. The van der Waals surface area contributed by atoms with Crippen molar-refractivity contribution in [2.24, 2.45) is 0 Å². The summed E-state index contributed by atoms with van der Waals surface area (Å²) >= 11 is 4.60. The maximum absolute atomic E-state index is 11.6. The first-order valence-corrected chi connectivity index (χ1v) is 15.4. The molecule has 1 aromatic carbocycles. The fraction of sp³-hybridized carbons (Fsp3) is 0.320. The van der Waals surface area contributed by atoms with E-state index in [1.165, 1.54) is 4.21 Å². The molecule has 0 bridgehead atoms. The standard InChI is InChI=1S/C11H12O2.C7H6O3S2.C7H6OS2/c1-11(2)7-9(12)8-5-3-4-6-10(8)13-11;8-6-2-4-12(9,10)7-5(6)1-3-11-7;8-6-2-4-10-7-5(6)1-3-9-7/h3-6H,7H2,1-2H3;1,3H,2,4H2;1,3H,2,4H2. The van der Waals surface area contributed by atoms with Gasteiger partial charge >= 0.3 is 0 Å². The third-order valence-corrected chi connectivity index (χ3v) is 11.0. The number of Topliss-reactive ketones (excluding diaryl/α,β-unsaturated/α-hetero) is 3. The number of benzene rings is 1. The van der Waals surface area contributed by atoms with Gasteiger partial charge in [0.25, 0.3) is 0 Å². The normalized spacial score (nSPS) is 19.0. The van der Waals surface area contributed by atoms with Crippen molar-refractivity contribution < 1.29 is 27.5 Å². The molecule has 5 heterocycles. The first-order valence-electron chi connectivity index (χ1n) is 11.0. The highest BCUT2D eigenvalue weighted by atomic mass is 32.2. The van der Waals surface area contributed by atoms with Crippen LogP contribution in [0.4, 0.5) is 0 Å². The highest BCUT2D eigenvalue weighted by molar-refractivity contribution is 8.01. The van der Waals surface area contributed by atoms with Crippen molar-refractivity contribution in [3.8, 4) is 5.75 Å². The van der Waals surface area contributed by atoms with Gasteiger partial charge in [0.1, 0.15) is 15.6 Å². The molecular weight excluding hydrogens is 525 g/mol. The van der Waals surface area contributed by atoms with E-state index >= 15 is 0 Å². The minimum absolute atomic E-state index is 0.0284. The fourth-order valence-corrected chi connectivity index (χ4v) is 8.72. The molecule has 35 heavy (non-hydrogen) atoms. The van der Waals surface area contributed by atoms with E-state index in [2.05, 4.69) is 0 Å². The zero-order valence-electron chi connectivity index (χ0n) is 19.2. The van der Waals surface area contributed by atoms with E-state index < -0.39 is 9.84 Å². The topological polar surface area (TPSA) is 94.6 Å². The quantitative estimate of drug-likeness (QED) is 0.342. The molecular formula is C25H24O6S4. The Balaban J connectivity index is 0.000000125. The van der Waals surface area contributed by atoms with E-state index in [1.807, 2.05) is 49.6 Å². The molecule has 6 rings (SSSR count). The number of ether oxygens (including phenoxy) is 1. The van der Waals surface area contributed by atoms with E-state index in [9.17, 15) is 22.8 Å². The van der Waals surface area contributed by atoms with Crippen LogP contribution in [0.15, 0.2) is 55.6 Å². The number of hydrogen-bond donors (Lipinski definition) is 0. The molecule has 6 nitrogen and oxygen atoms in total. The number of fused-ring (bicyclic) bond motifs is 3. The van der Waals surface area contributed by atoms with Crippen LogP contribution in [0.25, 0.3) is 0 Å². The van der Waals surface area contributed by atoms with Crippen LogP contribution in [0.1, 0.15) is 64.2 Å². The summed E-state index contributed by atoms with van der Waals surface area (Å²) in [6.07, 6.45) is 1.31. The highest BCUT2D eigenvalue weighted by Crippen LogP contribution is 2.34. The van der Waals surface area contributed by atoms with Crippen molar-refractivity contribution in [3.05, 3.63) is 63.8 Å². The molecule has 0 saturated heterocycles. The van der Waals surface area contributed by atoms with Gasteiger partial charge in [0.15, 0.2) is 27.2 Å². The molecule has 0 N–H and O–H groups in total. The molecule has 0 saturated carbocycles. The first kappa shape index (κ1) is 25.8. The van der Waals surface area contributed by atoms with Gasteiger partial charge in [0.05, 0.1) is 21.9 Å². The van der Waals surface area contributed by atoms with Crippen LogP contribution in [0.2, 0.25) is 0 Å². The molecule has 0 amide bonds. The number of thiophene rings is 2. The van der Waals surface area contributed by atoms with Gasteiger partial charge < -0.3 is 4.74 Å². The van der Waals surface area contributed by atoms with Crippen LogP contribution in [-0.4, -0.2) is 42.9 Å². The Labute approximate surface area is 216 Å². The van der Waals surface area contributed by atoms with Crippen molar-refractivity contribution in [1.82, 2.24) is 0 Å². The third kappa shape index (κ3) is 5.94. The molecule has 0 unspecified atom stereocenters. The second kappa shape index (κ2) is 10.4. The molecule has 0 atom stereocenters. The number of hydrogen-bond acceptors (Lipinski definition) is 9. The summed E-state index contributed by atoms with van der Waals surface area (Å²) < 4.78 is 29.8. The number of para-hydroxylation sites is 1. The summed E-state index contributed by atoms with van der Waals surface area (Å²) in [5.74, 6) is 2.08. The largest absolute Gasteiger partial charge is 0.487 e. The predicted octanol–water partition coefficient (Wildman–Crippen LogP) is 5.97. The van der Waals surface area contributed by atoms with E-state index in [0.717, 1.165) is 22.7 Å². The second-order valence-electron chi connectivity index (χ2n) is 8.72. The zero-order valence-corrected chi connectivity index (χ0v) is 22.5. The van der Waals surface area contributed by atoms with Crippen molar-refractivity contribution in [2.45, 2.75) is 47.1 Å². The molecule has 2 aromatic heterocycles. The van der Waals surface area contributed by atoms with Crippen molar-refractivity contribution in [2.75, 3.05) is 11.5 Å². The van der Waals surface area contributed by atoms with E-state index in [0.29, 0.717) is 35.5 Å². The van der Waals surface area contributed by atoms with Gasteiger partial charge in [0.2, 0.25) is 0 Å². The highest BCUT2D eigenvalue weighted by Gasteiger charge is 2.32. The average Bonchev–Trinajstić information content (AvgIpc) is 3.48. The van der Waals surface area contributed by atoms with Crippen molar-refractivity contribution >= 4 is 61.6 Å². The number of thioether (sulfide) groups is 1. The molecule has 0 radical (unpaired) electrons. The summed E-state index contributed by atoms with van der Waals surface area (Å²) in [6.45, 7) is 3.86. The third-order valence-electron chi connectivity index (χ3n) is 5.46. The molecule has 3 aliphatic heterocycles. The summed E-state index contributed by atoms with van der Waals surface area (Å²) in [5.41, 5.74) is 1.68. The lowest BCUT2D eigenvalue weighted by Crippen LogP contribution is -2.35. The molecule has 184 valence electrons. The van der Waals surface area contributed by atoms with E-state index in [4.69, 9.17) is 4.74 Å². The number of carbonyl (C=O) groups excluding carboxylic acids is 3. The van der Waals surface area contributed by atoms with Crippen LogP contribution in [0.5, 0.6) is 5.75 Å². The minimum Gasteiger partial charge on any atom is -0.487 e. The Kier molecular flexibility index (Phi) is 7.65. The maximum Gasteiger partial charge on any atom is 0.188 e.